The van der Waals surface area contributed by atoms with Crippen molar-refractivity contribution in [2.24, 2.45) is 5.73 Å². The third-order valence-corrected chi connectivity index (χ3v) is 6.79. The lowest BCUT2D eigenvalue weighted by atomic mass is 10.0. The lowest BCUT2D eigenvalue weighted by molar-refractivity contribution is 0.601. The van der Waals surface area contributed by atoms with E-state index in [4.69, 9.17) is 11.1 Å². The number of nitrogens with zero attached hydrogens (tertiary/aromatic N) is 4. The number of rotatable bonds is 5. The van der Waals surface area contributed by atoms with Crippen molar-refractivity contribution in [3.05, 3.63) is 60.1 Å². The van der Waals surface area contributed by atoms with Gasteiger partial charge in [-0.25, -0.2) is 18.4 Å². The Morgan fingerprint density at radius 3 is 2.44 bits per heavy atom. The molecule has 1 aliphatic rings. The summed E-state index contributed by atoms with van der Waals surface area (Å²) >= 11 is 0. The number of hydrogen-bond donors (Lipinski definition) is 2. The highest BCUT2D eigenvalue weighted by atomic mass is 32.2. The first kappa shape index (κ1) is 21.8. The molecule has 8 nitrogen and oxygen atoms in total. The van der Waals surface area contributed by atoms with E-state index in [0.717, 1.165) is 54.2 Å². The van der Waals surface area contributed by atoms with Crippen LogP contribution in [0.5, 0.6) is 0 Å². The number of benzene rings is 2. The molecule has 0 spiro atoms. The number of anilines is 2. The quantitative estimate of drug-likeness (QED) is 0.574. The number of hydrogen-bond acceptors (Lipinski definition) is 8. The molecule has 1 fully saturated rings. The first-order valence-electron chi connectivity index (χ1n) is 10.3. The molecule has 1 aliphatic heterocycles. The Morgan fingerprint density at radius 1 is 1.06 bits per heavy atom. The number of nitrogens with one attached hydrogen (secondary N) is 1. The fourth-order valence-electron chi connectivity index (χ4n) is 3.97. The molecule has 0 saturated carbocycles. The maximum atomic E-state index is 11.9. The van der Waals surface area contributed by atoms with E-state index in [-0.39, 0.29) is 0 Å². The van der Waals surface area contributed by atoms with Crippen LogP contribution in [0.1, 0.15) is 12.5 Å². The zero-order valence-corrected chi connectivity index (χ0v) is 18.9. The van der Waals surface area contributed by atoms with Gasteiger partial charge in [-0.15, -0.1) is 0 Å². The van der Waals surface area contributed by atoms with Crippen LogP contribution in [0, 0.1) is 5.41 Å². The standard InChI is InChI=1S/C23H26N6O2S/c1-16(25)21(14-24)17-6-7-22-20(12-17)23(27-15-26-22)29-10-8-28(9-11-29)18-4-3-5-19(13-18)32(2,30)31/h3-7,12-15,24H,8-11,25H2,1-2H3. The maximum absolute atomic E-state index is 11.9. The van der Waals surface area contributed by atoms with Crippen LogP contribution in [0.25, 0.3) is 16.5 Å². The second-order valence-corrected chi connectivity index (χ2v) is 9.93. The van der Waals surface area contributed by atoms with Gasteiger partial charge in [-0.1, -0.05) is 12.1 Å². The van der Waals surface area contributed by atoms with Crippen molar-refractivity contribution in [3.8, 4) is 0 Å². The van der Waals surface area contributed by atoms with E-state index in [0.29, 0.717) is 16.2 Å². The number of aromatic nitrogens is 2. The van der Waals surface area contributed by atoms with E-state index >= 15 is 0 Å². The number of piperazine rings is 1. The van der Waals surface area contributed by atoms with Gasteiger partial charge in [-0.3, -0.25) is 0 Å². The van der Waals surface area contributed by atoms with Gasteiger partial charge in [0.15, 0.2) is 9.84 Å². The molecule has 0 amide bonds. The van der Waals surface area contributed by atoms with Crippen molar-refractivity contribution in [3.63, 3.8) is 0 Å². The SMILES string of the molecule is CC(N)=C(C=N)c1ccc2ncnc(N3CCN(c4cccc(S(C)(=O)=O)c4)CC3)c2c1. The minimum absolute atomic E-state index is 0.331. The van der Waals surface area contributed by atoms with Gasteiger partial charge in [0.05, 0.1) is 10.4 Å². The zero-order chi connectivity index (χ0) is 22.9. The number of nitrogens with two attached hydrogens (primary N) is 1. The average Bonchev–Trinajstić information content (AvgIpc) is 2.78. The lowest BCUT2D eigenvalue weighted by Crippen LogP contribution is -2.47. The number of allylic oxidation sites excluding steroid dienone is 2. The Balaban J connectivity index is 1.61. The van der Waals surface area contributed by atoms with E-state index in [2.05, 4.69) is 19.8 Å². The van der Waals surface area contributed by atoms with Crippen LogP contribution in [0.2, 0.25) is 0 Å². The summed E-state index contributed by atoms with van der Waals surface area (Å²) in [4.78, 5) is 13.7. The van der Waals surface area contributed by atoms with E-state index in [1.807, 2.05) is 24.3 Å². The van der Waals surface area contributed by atoms with Crippen LogP contribution >= 0.6 is 0 Å². The predicted molar refractivity (Wildman–Crippen MR) is 129 cm³/mol. The van der Waals surface area contributed by atoms with E-state index < -0.39 is 9.84 Å². The second-order valence-electron chi connectivity index (χ2n) is 7.91. The van der Waals surface area contributed by atoms with Crippen molar-refractivity contribution >= 4 is 44.0 Å². The van der Waals surface area contributed by atoms with E-state index in [1.165, 1.54) is 12.5 Å². The first-order valence-corrected chi connectivity index (χ1v) is 12.2. The Hall–Kier alpha value is -3.46. The Bertz CT molecular complexity index is 1310. The molecule has 9 heteroatoms. The predicted octanol–water partition coefficient (Wildman–Crippen LogP) is 2.70. The van der Waals surface area contributed by atoms with Crippen LogP contribution in [0.3, 0.4) is 0 Å². The molecule has 1 saturated heterocycles. The summed E-state index contributed by atoms with van der Waals surface area (Å²) in [5, 5.41) is 8.61. The Kier molecular flexibility index (Phi) is 5.84. The second kappa shape index (κ2) is 8.58. The maximum Gasteiger partial charge on any atom is 0.175 e. The van der Waals surface area contributed by atoms with Crippen molar-refractivity contribution in [1.29, 1.82) is 5.41 Å². The van der Waals surface area contributed by atoms with E-state index in [9.17, 15) is 8.42 Å². The van der Waals surface area contributed by atoms with E-state index in [1.54, 1.807) is 31.5 Å². The molecule has 3 aromatic rings. The normalized spacial score (nSPS) is 15.6. The highest BCUT2D eigenvalue weighted by molar-refractivity contribution is 7.90. The summed E-state index contributed by atoms with van der Waals surface area (Å²) in [5.74, 6) is 0.848. The van der Waals surface area contributed by atoms with Gasteiger partial charge in [-0.05, 0) is 42.8 Å². The fraction of sp³-hybridized carbons (Fsp3) is 0.261. The summed E-state index contributed by atoms with van der Waals surface area (Å²) in [6, 6.07) is 12.9. The Labute approximate surface area is 187 Å². The van der Waals surface area contributed by atoms with Gasteiger partial charge < -0.3 is 20.9 Å². The summed E-state index contributed by atoms with van der Waals surface area (Å²) in [6.45, 7) is 4.74. The summed E-state index contributed by atoms with van der Waals surface area (Å²) in [6.07, 6.45) is 4.06. The van der Waals surface area contributed by atoms with Crippen molar-refractivity contribution in [2.75, 3.05) is 42.2 Å². The third-order valence-electron chi connectivity index (χ3n) is 5.68. The molecule has 4 rings (SSSR count). The molecule has 0 bridgehead atoms. The minimum atomic E-state index is -3.24. The fourth-order valence-corrected chi connectivity index (χ4v) is 4.64. The topological polar surface area (TPSA) is 116 Å². The average molecular weight is 451 g/mol. The summed E-state index contributed by atoms with van der Waals surface area (Å²) in [5.41, 5.74) is 9.82. The van der Waals surface area contributed by atoms with Gasteiger partial charge in [0, 0.05) is 61.0 Å². The number of fused-ring (bicyclic) bond motifs is 1. The number of sulfone groups is 1. The summed E-state index contributed by atoms with van der Waals surface area (Å²) < 4.78 is 23.8. The monoisotopic (exact) mass is 450 g/mol. The minimum Gasteiger partial charge on any atom is -0.402 e. The molecule has 32 heavy (non-hydrogen) atoms. The zero-order valence-electron chi connectivity index (χ0n) is 18.1. The van der Waals surface area contributed by atoms with Crippen molar-refractivity contribution in [1.82, 2.24) is 9.97 Å². The molecule has 0 aliphatic carbocycles. The molecule has 2 aromatic carbocycles. The summed E-state index contributed by atoms with van der Waals surface area (Å²) in [7, 11) is -3.24. The van der Waals surface area contributed by atoms with Crippen LogP contribution in [0.15, 0.2) is 59.4 Å². The van der Waals surface area contributed by atoms with Crippen LogP contribution in [0.4, 0.5) is 11.5 Å². The van der Waals surface area contributed by atoms with Crippen LogP contribution in [-0.4, -0.2) is 57.0 Å². The van der Waals surface area contributed by atoms with Gasteiger partial charge in [0.2, 0.25) is 0 Å². The first-order chi connectivity index (χ1) is 15.3. The molecular weight excluding hydrogens is 424 g/mol. The molecule has 166 valence electrons. The van der Waals surface area contributed by atoms with Gasteiger partial charge >= 0.3 is 0 Å². The molecule has 1 aromatic heterocycles. The molecule has 0 radical (unpaired) electrons. The highest BCUT2D eigenvalue weighted by Gasteiger charge is 2.21. The molecule has 0 atom stereocenters. The molecular formula is C23H26N6O2S. The van der Waals surface area contributed by atoms with Gasteiger partial charge in [0.25, 0.3) is 0 Å². The van der Waals surface area contributed by atoms with Crippen molar-refractivity contribution in [2.45, 2.75) is 11.8 Å². The van der Waals surface area contributed by atoms with Crippen LogP contribution < -0.4 is 15.5 Å². The largest absolute Gasteiger partial charge is 0.402 e. The lowest BCUT2D eigenvalue weighted by Gasteiger charge is -2.37. The van der Waals surface area contributed by atoms with Crippen LogP contribution in [-0.2, 0) is 9.84 Å². The molecule has 0 unspecified atom stereocenters. The molecule has 2 heterocycles. The molecule has 3 N–H and O–H groups in total. The van der Waals surface area contributed by atoms with Gasteiger partial charge in [-0.2, -0.15) is 0 Å². The van der Waals surface area contributed by atoms with Gasteiger partial charge in [0.1, 0.15) is 12.1 Å². The third kappa shape index (κ3) is 4.29. The van der Waals surface area contributed by atoms with Crippen molar-refractivity contribution < 1.29 is 8.42 Å². The Morgan fingerprint density at radius 2 is 1.78 bits per heavy atom. The highest BCUT2D eigenvalue weighted by Crippen LogP contribution is 2.28. The smallest absolute Gasteiger partial charge is 0.175 e.